The molecule has 2 atom stereocenters. The topological polar surface area (TPSA) is 55.4 Å². The predicted molar refractivity (Wildman–Crippen MR) is 76.9 cm³/mol. The number of aryl methyl sites for hydroxylation is 1. The third kappa shape index (κ3) is 2.98. The van der Waals surface area contributed by atoms with Crippen LogP contribution >= 0.6 is 0 Å². The van der Waals surface area contributed by atoms with E-state index in [4.69, 9.17) is 4.74 Å². The van der Waals surface area contributed by atoms with Gasteiger partial charge in [-0.2, -0.15) is 0 Å². The standard InChI is InChI=1S/C15H20FNO3S/c1-10-7-12(16)9-13(8-10)21(18,19)17-15(2)5-6-20-14(15)11-3-4-11/h7-9,11,14,17H,3-6H2,1-2H3. The Morgan fingerprint density at radius 1 is 1.33 bits per heavy atom. The molecule has 3 rings (SSSR count). The fraction of sp³-hybridized carbons (Fsp3) is 0.600. The van der Waals surface area contributed by atoms with Gasteiger partial charge < -0.3 is 4.74 Å². The first kappa shape index (κ1) is 14.9. The molecule has 1 aliphatic carbocycles. The second-order valence-electron chi connectivity index (χ2n) is 6.37. The zero-order valence-electron chi connectivity index (χ0n) is 12.2. The second kappa shape index (κ2) is 5.04. The summed E-state index contributed by atoms with van der Waals surface area (Å²) < 4.78 is 47.0. The Labute approximate surface area is 124 Å². The van der Waals surface area contributed by atoms with Gasteiger partial charge >= 0.3 is 0 Å². The minimum Gasteiger partial charge on any atom is -0.376 e. The first-order valence-corrected chi connectivity index (χ1v) is 8.71. The Bertz CT molecular complexity index is 637. The van der Waals surface area contributed by atoms with Gasteiger partial charge in [-0.25, -0.2) is 17.5 Å². The van der Waals surface area contributed by atoms with Crippen LogP contribution in [0.5, 0.6) is 0 Å². The quantitative estimate of drug-likeness (QED) is 0.928. The molecular formula is C15H20FNO3S. The maximum absolute atomic E-state index is 13.5. The zero-order valence-corrected chi connectivity index (χ0v) is 13.0. The number of rotatable bonds is 4. The highest BCUT2D eigenvalue weighted by Gasteiger charge is 2.50. The molecule has 116 valence electrons. The molecule has 21 heavy (non-hydrogen) atoms. The molecule has 0 radical (unpaired) electrons. The Morgan fingerprint density at radius 2 is 2.05 bits per heavy atom. The molecule has 1 N–H and O–H groups in total. The van der Waals surface area contributed by atoms with E-state index in [1.807, 2.05) is 6.92 Å². The summed E-state index contributed by atoms with van der Waals surface area (Å²) in [5, 5.41) is 0. The third-order valence-corrected chi connectivity index (χ3v) is 5.88. The highest BCUT2D eigenvalue weighted by Crippen LogP contribution is 2.43. The molecule has 4 nitrogen and oxygen atoms in total. The van der Waals surface area contributed by atoms with Gasteiger partial charge in [0.05, 0.1) is 16.5 Å². The van der Waals surface area contributed by atoms with Crippen molar-refractivity contribution in [1.82, 2.24) is 4.72 Å². The van der Waals surface area contributed by atoms with Crippen molar-refractivity contribution in [3.63, 3.8) is 0 Å². The summed E-state index contributed by atoms with van der Waals surface area (Å²) in [6.07, 6.45) is 2.73. The molecule has 1 aromatic rings. The number of hydrogen-bond donors (Lipinski definition) is 1. The molecule has 2 unspecified atom stereocenters. The minimum atomic E-state index is -3.76. The van der Waals surface area contributed by atoms with Crippen LogP contribution in [-0.4, -0.2) is 26.7 Å². The molecule has 2 aliphatic rings. The predicted octanol–water partition coefficient (Wildman–Crippen LogP) is 2.37. The molecule has 0 bridgehead atoms. The maximum Gasteiger partial charge on any atom is 0.241 e. The van der Waals surface area contributed by atoms with E-state index in [0.717, 1.165) is 18.9 Å². The molecule has 6 heteroatoms. The van der Waals surface area contributed by atoms with Gasteiger partial charge in [0.25, 0.3) is 0 Å². The molecule has 1 saturated heterocycles. The minimum absolute atomic E-state index is 0.0253. The lowest BCUT2D eigenvalue weighted by Crippen LogP contribution is -2.52. The van der Waals surface area contributed by atoms with Crippen LogP contribution < -0.4 is 4.72 Å². The van der Waals surface area contributed by atoms with E-state index in [1.165, 1.54) is 12.1 Å². The van der Waals surface area contributed by atoms with Crippen molar-refractivity contribution >= 4 is 10.0 Å². The van der Waals surface area contributed by atoms with Crippen molar-refractivity contribution < 1.29 is 17.5 Å². The zero-order chi connectivity index (χ0) is 15.3. The molecule has 1 aromatic carbocycles. The Hall–Kier alpha value is -0.980. The molecular weight excluding hydrogens is 293 g/mol. The molecule has 0 spiro atoms. The SMILES string of the molecule is Cc1cc(F)cc(S(=O)(=O)NC2(C)CCOC2C2CC2)c1. The summed E-state index contributed by atoms with van der Waals surface area (Å²) >= 11 is 0. The number of sulfonamides is 1. The number of benzene rings is 1. The van der Waals surface area contributed by atoms with E-state index in [0.29, 0.717) is 24.5 Å². The van der Waals surface area contributed by atoms with Crippen LogP contribution in [-0.2, 0) is 14.8 Å². The third-order valence-electron chi connectivity index (χ3n) is 4.29. The number of halogens is 1. The average Bonchev–Trinajstić information content (AvgIpc) is 3.11. The van der Waals surface area contributed by atoms with E-state index in [9.17, 15) is 12.8 Å². The number of nitrogens with one attached hydrogen (secondary N) is 1. The van der Waals surface area contributed by atoms with E-state index in [-0.39, 0.29) is 11.0 Å². The number of ether oxygens (including phenoxy) is 1. The van der Waals surface area contributed by atoms with E-state index in [2.05, 4.69) is 4.72 Å². The molecule has 2 fully saturated rings. The summed E-state index contributed by atoms with van der Waals surface area (Å²) in [6.45, 7) is 4.12. The lowest BCUT2D eigenvalue weighted by Gasteiger charge is -2.31. The normalized spacial score (nSPS) is 29.8. The van der Waals surface area contributed by atoms with Gasteiger partial charge in [0.1, 0.15) is 5.82 Å². The van der Waals surface area contributed by atoms with Crippen LogP contribution in [0.4, 0.5) is 4.39 Å². The van der Waals surface area contributed by atoms with Crippen molar-refractivity contribution in [2.75, 3.05) is 6.61 Å². The molecule has 1 heterocycles. The van der Waals surface area contributed by atoms with Crippen LogP contribution in [0.25, 0.3) is 0 Å². The summed E-state index contributed by atoms with van der Waals surface area (Å²) in [5.41, 5.74) is -0.0258. The van der Waals surface area contributed by atoms with Crippen molar-refractivity contribution in [2.45, 2.75) is 49.6 Å². The summed E-state index contributed by atoms with van der Waals surface area (Å²) in [4.78, 5) is -0.0253. The van der Waals surface area contributed by atoms with Crippen LogP contribution in [0.2, 0.25) is 0 Å². The van der Waals surface area contributed by atoms with Crippen molar-refractivity contribution in [2.24, 2.45) is 5.92 Å². The van der Waals surface area contributed by atoms with Gasteiger partial charge in [-0.1, -0.05) is 0 Å². The van der Waals surface area contributed by atoms with Gasteiger partial charge in [0.15, 0.2) is 0 Å². The smallest absolute Gasteiger partial charge is 0.241 e. The van der Waals surface area contributed by atoms with Gasteiger partial charge in [-0.05, 0) is 62.8 Å². The molecule has 1 saturated carbocycles. The summed E-state index contributed by atoms with van der Waals surface area (Å²) in [5.74, 6) is -0.101. The van der Waals surface area contributed by atoms with E-state index >= 15 is 0 Å². The second-order valence-corrected chi connectivity index (χ2v) is 8.05. The van der Waals surface area contributed by atoms with Gasteiger partial charge in [-0.15, -0.1) is 0 Å². The first-order chi connectivity index (χ1) is 9.80. The van der Waals surface area contributed by atoms with Crippen molar-refractivity contribution in [3.8, 4) is 0 Å². The van der Waals surface area contributed by atoms with Gasteiger partial charge in [0.2, 0.25) is 10.0 Å². The molecule has 0 aromatic heterocycles. The Balaban J connectivity index is 1.88. The maximum atomic E-state index is 13.5. The number of hydrogen-bond acceptors (Lipinski definition) is 3. The fourth-order valence-corrected chi connectivity index (χ4v) is 4.67. The summed E-state index contributed by atoms with van der Waals surface area (Å²) in [7, 11) is -3.76. The Kier molecular flexibility index (Phi) is 3.58. The molecule has 1 aliphatic heterocycles. The van der Waals surface area contributed by atoms with Crippen LogP contribution in [0.3, 0.4) is 0 Å². The van der Waals surface area contributed by atoms with E-state index in [1.54, 1.807) is 6.92 Å². The first-order valence-electron chi connectivity index (χ1n) is 7.23. The van der Waals surface area contributed by atoms with Crippen LogP contribution in [0.15, 0.2) is 23.1 Å². The summed E-state index contributed by atoms with van der Waals surface area (Å²) in [6, 6.07) is 3.85. The highest BCUT2D eigenvalue weighted by atomic mass is 32.2. The van der Waals surface area contributed by atoms with Crippen molar-refractivity contribution in [1.29, 1.82) is 0 Å². The monoisotopic (exact) mass is 313 g/mol. The van der Waals surface area contributed by atoms with Crippen LogP contribution in [0, 0.1) is 18.7 Å². The average molecular weight is 313 g/mol. The van der Waals surface area contributed by atoms with Crippen LogP contribution in [0.1, 0.15) is 31.7 Å². The van der Waals surface area contributed by atoms with Gasteiger partial charge in [-0.3, -0.25) is 0 Å². The Morgan fingerprint density at radius 3 is 2.67 bits per heavy atom. The fourth-order valence-electron chi connectivity index (χ4n) is 3.11. The largest absolute Gasteiger partial charge is 0.376 e. The van der Waals surface area contributed by atoms with Gasteiger partial charge in [0, 0.05) is 6.61 Å². The van der Waals surface area contributed by atoms with Crippen molar-refractivity contribution in [3.05, 3.63) is 29.6 Å². The lowest BCUT2D eigenvalue weighted by atomic mass is 9.92. The highest BCUT2D eigenvalue weighted by molar-refractivity contribution is 7.89. The lowest BCUT2D eigenvalue weighted by molar-refractivity contribution is 0.0629. The molecule has 0 amide bonds. The van der Waals surface area contributed by atoms with E-state index < -0.39 is 21.4 Å².